The molecule has 0 radical (unpaired) electrons. The Kier molecular flexibility index (Phi) is 4.39. The summed E-state index contributed by atoms with van der Waals surface area (Å²) in [7, 11) is 6.31. The molecule has 0 spiro atoms. The van der Waals surface area contributed by atoms with Crippen LogP contribution in [0, 0.1) is 0 Å². The van der Waals surface area contributed by atoms with E-state index >= 15 is 0 Å². The molecule has 0 aliphatic carbocycles. The number of hydrogen-bond acceptors (Lipinski definition) is 2. The predicted molar refractivity (Wildman–Crippen MR) is 65.3 cm³/mol. The lowest BCUT2D eigenvalue weighted by atomic mass is 10.3. The maximum absolute atomic E-state index is 4.68. The fraction of sp³-hybridized carbons (Fsp3) is 0.909. The molecule has 4 nitrogen and oxygen atoms in total. The number of guanidine groups is 1. The monoisotopic (exact) mass is 212 g/mol. The molecule has 0 aromatic carbocycles. The highest BCUT2D eigenvalue weighted by molar-refractivity contribution is 5.80. The normalized spacial score (nSPS) is 19.9. The lowest BCUT2D eigenvalue weighted by Gasteiger charge is -2.37. The number of hydrogen-bond donors (Lipinski definition) is 0. The molecule has 0 N–H and O–H groups in total. The van der Waals surface area contributed by atoms with Crippen LogP contribution in [-0.2, 0) is 0 Å². The van der Waals surface area contributed by atoms with Gasteiger partial charge in [0, 0.05) is 46.3 Å². The standard InChI is InChI=1S/C11H24N4/c1-10(2)12-11(13(3)4)15-8-6-14(5)7-9-15/h10H,6-9H2,1-5H3/b12-11-. The van der Waals surface area contributed by atoms with Crippen LogP contribution in [0.3, 0.4) is 0 Å². The molecular weight excluding hydrogens is 188 g/mol. The van der Waals surface area contributed by atoms with Crippen LogP contribution in [0.25, 0.3) is 0 Å². The van der Waals surface area contributed by atoms with Crippen molar-refractivity contribution < 1.29 is 0 Å². The molecule has 0 unspecified atom stereocenters. The molecule has 0 saturated carbocycles. The summed E-state index contributed by atoms with van der Waals surface area (Å²) in [6, 6.07) is 0.363. The predicted octanol–water partition coefficient (Wildman–Crippen LogP) is 0.560. The molecular formula is C11H24N4. The Balaban J connectivity index is 2.65. The van der Waals surface area contributed by atoms with Crippen molar-refractivity contribution in [2.45, 2.75) is 19.9 Å². The molecule has 15 heavy (non-hydrogen) atoms. The van der Waals surface area contributed by atoms with Crippen molar-refractivity contribution in [1.82, 2.24) is 14.7 Å². The van der Waals surface area contributed by atoms with Gasteiger partial charge in [-0.2, -0.15) is 0 Å². The summed E-state index contributed by atoms with van der Waals surface area (Å²) in [5, 5.41) is 0. The highest BCUT2D eigenvalue weighted by Gasteiger charge is 2.18. The number of aliphatic imine (C=N–C) groups is 1. The van der Waals surface area contributed by atoms with Crippen molar-refractivity contribution in [3.8, 4) is 0 Å². The molecule has 0 atom stereocenters. The van der Waals surface area contributed by atoms with Crippen molar-refractivity contribution in [3.63, 3.8) is 0 Å². The minimum atomic E-state index is 0.363. The van der Waals surface area contributed by atoms with Gasteiger partial charge in [-0.25, -0.2) is 0 Å². The van der Waals surface area contributed by atoms with Crippen molar-refractivity contribution in [1.29, 1.82) is 0 Å². The largest absolute Gasteiger partial charge is 0.349 e. The van der Waals surface area contributed by atoms with E-state index in [4.69, 9.17) is 0 Å². The first-order chi connectivity index (χ1) is 7.00. The Labute approximate surface area is 93.6 Å². The maximum atomic E-state index is 4.68. The molecule has 0 bridgehead atoms. The topological polar surface area (TPSA) is 22.1 Å². The Morgan fingerprint density at radius 1 is 1.13 bits per heavy atom. The van der Waals surface area contributed by atoms with E-state index in [0.717, 1.165) is 32.1 Å². The van der Waals surface area contributed by atoms with Crippen LogP contribution in [0.2, 0.25) is 0 Å². The summed E-state index contributed by atoms with van der Waals surface area (Å²) >= 11 is 0. The second kappa shape index (κ2) is 5.35. The van der Waals surface area contributed by atoms with Gasteiger partial charge in [-0.3, -0.25) is 4.99 Å². The van der Waals surface area contributed by atoms with E-state index in [1.807, 2.05) is 0 Å². The summed E-state index contributed by atoms with van der Waals surface area (Å²) in [5.41, 5.74) is 0. The third-order valence-electron chi connectivity index (χ3n) is 2.56. The van der Waals surface area contributed by atoms with Crippen molar-refractivity contribution in [2.75, 3.05) is 47.3 Å². The first kappa shape index (κ1) is 12.3. The number of nitrogens with zero attached hydrogens (tertiary/aromatic N) is 4. The number of likely N-dealkylation sites (N-methyl/N-ethyl adjacent to an activating group) is 1. The minimum Gasteiger partial charge on any atom is -0.349 e. The van der Waals surface area contributed by atoms with Gasteiger partial charge in [0.05, 0.1) is 0 Å². The van der Waals surface area contributed by atoms with Crippen molar-refractivity contribution in [3.05, 3.63) is 0 Å². The zero-order valence-corrected chi connectivity index (χ0v) is 10.7. The van der Waals surface area contributed by atoms with Crippen LogP contribution in [-0.4, -0.2) is 74.0 Å². The molecule has 1 fully saturated rings. The second-order valence-electron chi connectivity index (χ2n) is 4.71. The van der Waals surface area contributed by atoms with Gasteiger partial charge in [-0.05, 0) is 20.9 Å². The summed E-state index contributed by atoms with van der Waals surface area (Å²) in [6.07, 6.45) is 0. The Hall–Kier alpha value is -0.770. The van der Waals surface area contributed by atoms with Gasteiger partial charge in [0.15, 0.2) is 5.96 Å². The van der Waals surface area contributed by atoms with Crippen LogP contribution in [0.1, 0.15) is 13.8 Å². The smallest absolute Gasteiger partial charge is 0.196 e. The molecule has 1 rings (SSSR count). The molecule has 0 aromatic rings. The SMILES string of the molecule is CC(C)/N=C(/N(C)C)N1CCN(C)CC1. The van der Waals surface area contributed by atoms with Gasteiger partial charge in [0.25, 0.3) is 0 Å². The van der Waals surface area contributed by atoms with E-state index in [1.165, 1.54) is 0 Å². The summed E-state index contributed by atoms with van der Waals surface area (Å²) in [6.45, 7) is 8.68. The van der Waals surface area contributed by atoms with E-state index in [2.05, 4.69) is 54.7 Å². The van der Waals surface area contributed by atoms with Crippen LogP contribution in [0.4, 0.5) is 0 Å². The zero-order chi connectivity index (χ0) is 11.4. The lowest BCUT2D eigenvalue weighted by Crippen LogP contribution is -2.51. The molecule has 1 aliphatic rings. The summed E-state index contributed by atoms with van der Waals surface area (Å²) in [4.78, 5) is 11.5. The maximum Gasteiger partial charge on any atom is 0.196 e. The highest BCUT2D eigenvalue weighted by atomic mass is 15.4. The molecule has 4 heteroatoms. The van der Waals surface area contributed by atoms with E-state index in [1.54, 1.807) is 0 Å². The third kappa shape index (κ3) is 3.70. The first-order valence-corrected chi connectivity index (χ1v) is 5.69. The Morgan fingerprint density at radius 3 is 2.07 bits per heavy atom. The van der Waals surface area contributed by atoms with Crippen molar-refractivity contribution >= 4 is 5.96 Å². The third-order valence-corrected chi connectivity index (χ3v) is 2.56. The summed E-state index contributed by atoms with van der Waals surface area (Å²) < 4.78 is 0. The number of piperazine rings is 1. The van der Waals surface area contributed by atoms with E-state index in [9.17, 15) is 0 Å². The molecule has 1 saturated heterocycles. The van der Waals surface area contributed by atoms with Crippen LogP contribution < -0.4 is 0 Å². The fourth-order valence-electron chi connectivity index (χ4n) is 1.72. The van der Waals surface area contributed by atoms with Crippen molar-refractivity contribution in [2.24, 2.45) is 4.99 Å². The first-order valence-electron chi connectivity index (χ1n) is 5.69. The quantitative estimate of drug-likeness (QED) is 0.468. The highest BCUT2D eigenvalue weighted by Crippen LogP contribution is 2.04. The zero-order valence-electron chi connectivity index (χ0n) is 10.7. The Bertz CT molecular complexity index is 215. The van der Waals surface area contributed by atoms with Gasteiger partial charge in [0.2, 0.25) is 0 Å². The van der Waals surface area contributed by atoms with Crippen LogP contribution in [0.5, 0.6) is 0 Å². The van der Waals surface area contributed by atoms with E-state index in [0.29, 0.717) is 6.04 Å². The van der Waals surface area contributed by atoms with Crippen LogP contribution in [0.15, 0.2) is 4.99 Å². The minimum absolute atomic E-state index is 0.363. The van der Waals surface area contributed by atoms with Gasteiger partial charge < -0.3 is 14.7 Å². The number of rotatable bonds is 1. The average molecular weight is 212 g/mol. The van der Waals surface area contributed by atoms with E-state index in [-0.39, 0.29) is 0 Å². The molecule has 0 amide bonds. The van der Waals surface area contributed by atoms with Gasteiger partial charge in [-0.15, -0.1) is 0 Å². The molecule has 1 aliphatic heterocycles. The van der Waals surface area contributed by atoms with Gasteiger partial charge in [-0.1, -0.05) is 0 Å². The van der Waals surface area contributed by atoms with Crippen LogP contribution >= 0.6 is 0 Å². The Morgan fingerprint density at radius 2 is 1.67 bits per heavy atom. The van der Waals surface area contributed by atoms with Gasteiger partial charge >= 0.3 is 0 Å². The second-order valence-corrected chi connectivity index (χ2v) is 4.71. The molecule has 0 aromatic heterocycles. The molecule has 88 valence electrons. The van der Waals surface area contributed by atoms with E-state index < -0.39 is 0 Å². The summed E-state index contributed by atoms with van der Waals surface area (Å²) in [5.74, 6) is 1.12. The lowest BCUT2D eigenvalue weighted by molar-refractivity contribution is 0.202. The molecule has 1 heterocycles. The average Bonchev–Trinajstić information content (AvgIpc) is 2.15. The van der Waals surface area contributed by atoms with Gasteiger partial charge in [0.1, 0.15) is 0 Å². The fourth-order valence-corrected chi connectivity index (χ4v) is 1.72.